The number of nitrogens with two attached hydrogens (primary N) is 2. The van der Waals surface area contributed by atoms with Crippen molar-refractivity contribution in [2.24, 2.45) is 11.5 Å². The number of thioether (sulfide) groups is 2. The summed E-state index contributed by atoms with van der Waals surface area (Å²) in [5.41, 5.74) is 13.1. The van der Waals surface area contributed by atoms with Crippen molar-refractivity contribution >= 4 is 110 Å². The number of aromatic nitrogens is 2. The number of carboxylic acids is 1. The number of aromatic amines is 2. The molecule has 10 atom stereocenters. The minimum Gasteiger partial charge on any atom is -0.497 e. The molecule has 1 unspecified atom stereocenters. The number of H-pyrrole nitrogens is 2. The number of aliphatic carboxylic acids is 1. The highest BCUT2D eigenvalue weighted by atomic mass is 32.2. The molecule has 33 heteroatoms. The molecule has 5 heterocycles. The molecule has 0 saturated carbocycles. The van der Waals surface area contributed by atoms with Gasteiger partial charge in [0.25, 0.3) is 0 Å². The zero-order valence-electron chi connectivity index (χ0n) is 57.7. The van der Waals surface area contributed by atoms with Gasteiger partial charge in [0.1, 0.15) is 77.1 Å². The fourth-order valence-electron chi connectivity index (χ4n) is 12.9. The Bertz CT molecular complexity index is 4120. The number of halogens is 3. The second-order valence-electron chi connectivity index (χ2n) is 26.4. The fraction of sp³-hybridized carbons (Fsp3) is 0.451. The van der Waals surface area contributed by atoms with Crippen molar-refractivity contribution in [3.63, 3.8) is 0 Å². The van der Waals surface area contributed by atoms with Crippen LogP contribution < -0.4 is 69.4 Å². The molecule has 2 fully saturated rings. The van der Waals surface area contributed by atoms with Crippen molar-refractivity contribution in [2.45, 2.75) is 156 Å². The quantitative estimate of drug-likeness (QED) is 0.0616. The smallest absolute Gasteiger partial charge is 0.305 e. The van der Waals surface area contributed by atoms with Gasteiger partial charge in [0.2, 0.25) is 59.1 Å². The lowest BCUT2D eigenvalue weighted by molar-refractivity contribution is -0.147. The summed E-state index contributed by atoms with van der Waals surface area (Å²) in [6, 6.07) is 5.71. The van der Waals surface area contributed by atoms with Crippen LogP contribution in [0, 0.1) is 17.5 Å². The number of carboxylic acid groups (broad SMARTS) is 1. The molecule has 28 nitrogen and oxygen atoms in total. The Morgan fingerprint density at radius 3 is 1.83 bits per heavy atom. The van der Waals surface area contributed by atoms with Crippen LogP contribution in [-0.4, -0.2) is 190 Å². The third kappa shape index (κ3) is 21.2. The van der Waals surface area contributed by atoms with Crippen LogP contribution in [0.1, 0.15) is 93.0 Å². The molecule has 3 aliphatic heterocycles. The average molecular weight is 1480 g/mol. The number of ether oxygens (including phenoxy) is 1. The van der Waals surface area contributed by atoms with Crippen molar-refractivity contribution in [2.75, 3.05) is 44.9 Å². The van der Waals surface area contributed by atoms with Crippen LogP contribution in [0.25, 0.3) is 21.8 Å². The standard InChI is InChI=1S/C71H88F3N15O13S2/c1-38-63(94)83-54(25-42-31-78-51-14-10-44(72)27-49(42)51)65(96)84-55(26-43-32-79-52-15-11-45(73)28-50(43)52)66(97)86-57(30-61(91)92)68(99)85-56(29-47-33-77-37-80-47)67(98)87-58(24-39-8-12-48(102-3)13-9-39)69(100)89-19-6-17-71(89,2)70(101)88-59(62(76)93)36-104-35-41-21-40(22-46(74)23-41)34-103-20-16-60(90)82-53(64(95)81-38)7-4-5-18-75/h8-15,21-23,27-28,31-32,38,47,53-59,77-80H,4-7,16-20,24-26,29-30,33-37,75H2,1-3H3,(H2,76,93)(H,81,95)(H,82,90)(H,83,94)(H,84,96)(H,85,99)(H,86,97)(H,87,98)(H,88,101)(H,91,92)/t38-,47?,53+,54+,55+,56+,57+,58+,59+,71+/m1/s1. The van der Waals surface area contributed by atoms with E-state index in [4.69, 9.17) is 16.2 Å². The molecule has 3 aliphatic rings. The number of nitrogens with zero attached hydrogens (tertiary/aromatic N) is 1. The third-order valence-corrected chi connectivity index (χ3v) is 20.7. The predicted molar refractivity (Wildman–Crippen MR) is 383 cm³/mol. The van der Waals surface area contributed by atoms with Crippen LogP contribution in [0.2, 0.25) is 0 Å². The van der Waals surface area contributed by atoms with Crippen LogP contribution in [0.15, 0.2) is 91.3 Å². The highest BCUT2D eigenvalue weighted by Gasteiger charge is 2.49. The van der Waals surface area contributed by atoms with Gasteiger partial charge in [-0.1, -0.05) is 18.2 Å². The predicted octanol–water partition coefficient (Wildman–Crippen LogP) is 1.95. The maximum Gasteiger partial charge on any atom is 0.305 e. The number of carbonyl (C=O) groups is 11. The summed E-state index contributed by atoms with van der Waals surface area (Å²) in [5.74, 6) is -11.4. The molecule has 0 spiro atoms. The lowest BCUT2D eigenvalue weighted by Crippen LogP contribution is -2.63. The van der Waals surface area contributed by atoms with Crippen LogP contribution >= 0.6 is 23.5 Å². The molecule has 0 radical (unpaired) electrons. The summed E-state index contributed by atoms with van der Waals surface area (Å²) in [6.07, 6.45) is 1.88. The first-order valence-electron chi connectivity index (χ1n) is 34.2. The molecular formula is C71H88F3N15O13S2. The summed E-state index contributed by atoms with van der Waals surface area (Å²) in [4.78, 5) is 166. The molecule has 558 valence electrons. The molecule has 17 N–H and O–H groups in total. The number of carbonyl (C=O) groups excluding carboxylic acids is 10. The number of primary amides is 1. The number of hydrogen-bond acceptors (Lipinski definition) is 17. The minimum absolute atomic E-state index is 0.0164. The number of benzene rings is 4. The number of hydrogen-bond donors (Lipinski definition) is 15. The summed E-state index contributed by atoms with van der Waals surface area (Å²) in [7, 11) is 1.46. The average Bonchev–Trinajstić information content (AvgIpc) is 1.58. The van der Waals surface area contributed by atoms with Crippen molar-refractivity contribution in [1.29, 1.82) is 0 Å². The van der Waals surface area contributed by atoms with E-state index in [1.54, 1.807) is 30.3 Å². The SMILES string of the molecule is COc1ccc(C[C@@H]2NC(=O)[C@H](CC3CNCN3)NC(=O)[C@H](CC(=O)O)NC(=O)[C@H](Cc3c[nH]c4ccc(F)cc34)NC(=O)[C@H](Cc3c[nH]c4ccc(F)cc34)NC(=O)[C@@H](C)NC(=O)[C@H](CCCCN)NC(=O)CCSCc3cc(F)cc(c3)CSC[C@@H](C(N)=O)NC(=O)[C@]3(C)CCCN3C2=O)cc1. The number of nitrogens with one attached hydrogen (secondary N) is 12. The van der Waals surface area contributed by atoms with Gasteiger partial charge >= 0.3 is 5.97 Å². The first-order valence-corrected chi connectivity index (χ1v) is 36.6. The minimum atomic E-state index is -2.02. The monoisotopic (exact) mass is 1480 g/mol. The van der Waals surface area contributed by atoms with E-state index in [1.165, 1.54) is 110 Å². The van der Waals surface area contributed by atoms with E-state index in [2.05, 4.69) is 63.1 Å². The van der Waals surface area contributed by atoms with Gasteiger partial charge in [-0.25, -0.2) is 13.2 Å². The van der Waals surface area contributed by atoms with Crippen LogP contribution in [0.3, 0.4) is 0 Å². The number of fused-ring (bicyclic) bond motifs is 5. The Hall–Kier alpha value is -9.70. The number of unbranched alkanes of at least 4 members (excludes halogenated alkanes) is 1. The largest absolute Gasteiger partial charge is 0.497 e. The van der Waals surface area contributed by atoms with Gasteiger partial charge < -0.3 is 89.3 Å². The van der Waals surface area contributed by atoms with E-state index in [0.29, 0.717) is 63.7 Å². The highest BCUT2D eigenvalue weighted by molar-refractivity contribution is 7.98. The Labute approximate surface area is 605 Å². The van der Waals surface area contributed by atoms with E-state index < -0.39 is 155 Å². The van der Waals surface area contributed by atoms with Gasteiger partial charge in [-0.15, -0.1) is 0 Å². The van der Waals surface area contributed by atoms with E-state index in [0.717, 1.165) is 0 Å². The molecule has 9 rings (SSSR count). The summed E-state index contributed by atoms with van der Waals surface area (Å²) in [5, 5.41) is 38.5. The molecule has 104 heavy (non-hydrogen) atoms. The zero-order valence-corrected chi connectivity index (χ0v) is 59.3. The molecule has 10 amide bonds. The molecule has 2 saturated heterocycles. The van der Waals surface area contributed by atoms with E-state index in [1.807, 2.05) is 0 Å². The second-order valence-corrected chi connectivity index (χ2v) is 28.5. The molecule has 2 aromatic heterocycles. The first-order chi connectivity index (χ1) is 49.8. The summed E-state index contributed by atoms with van der Waals surface area (Å²) >= 11 is 2.50. The van der Waals surface area contributed by atoms with Gasteiger partial charge in [-0.05, 0) is 147 Å². The van der Waals surface area contributed by atoms with Gasteiger partial charge in [0.05, 0.1) is 13.5 Å². The van der Waals surface area contributed by atoms with Gasteiger partial charge in [-0.2, -0.15) is 23.5 Å². The van der Waals surface area contributed by atoms with Gasteiger partial charge in [-0.3, -0.25) is 52.7 Å². The Morgan fingerprint density at radius 2 is 1.23 bits per heavy atom. The van der Waals surface area contributed by atoms with Crippen LogP contribution in [-0.2, 0) is 83.5 Å². The maximum absolute atomic E-state index is 15.3. The highest BCUT2D eigenvalue weighted by Crippen LogP contribution is 2.32. The van der Waals surface area contributed by atoms with Crippen LogP contribution in [0.4, 0.5) is 13.2 Å². The lowest BCUT2D eigenvalue weighted by Gasteiger charge is -2.37. The molecule has 6 aromatic rings. The first kappa shape index (κ1) is 78.4. The number of rotatable bonds is 16. The summed E-state index contributed by atoms with van der Waals surface area (Å²) in [6.45, 7) is 3.69. The van der Waals surface area contributed by atoms with E-state index in [-0.39, 0.29) is 98.8 Å². The fourth-order valence-corrected chi connectivity index (χ4v) is 14.8. The molecule has 2 bridgehead atoms. The van der Waals surface area contributed by atoms with Crippen molar-refractivity contribution < 1.29 is 75.8 Å². The topological polar surface area (TPSA) is 424 Å². The number of amides is 10. The third-order valence-electron chi connectivity index (χ3n) is 18.6. The van der Waals surface area contributed by atoms with Crippen LogP contribution in [0.5, 0.6) is 5.75 Å². The zero-order chi connectivity index (χ0) is 74.8. The van der Waals surface area contributed by atoms with E-state index >= 15 is 28.0 Å². The molecular weight excluding hydrogens is 1390 g/mol. The summed E-state index contributed by atoms with van der Waals surface area (Å²) < 4.78 is 50.6. The second kappa shape index (κ2) is 36.6. The van der Waals surface area contributed by atoms with E-state index in [9.17, 15) is 43.1 Å². The molecule has 0 aliphatic carbocycles. The lowest BCUT2D eigenvalue weighted by atomic mass is 9.95. The van der Waals surface area contributed by atoms with Gasteiger partial charge in [0.15, 0.2) is 0 Å². The normalized spacial score (nSPS) is 24.6. The maximum atomic E-state index is 15.3. The van der Waals surface area contributed by atoms with Gasteiger partial charge in [0, 0.05) is 109 Å². The van der Waals surface area contributed by atoms with Crippen molar-refractivity contribution in [1.82, 2.24) is 68.0 Å². The Morgan fingerprint density at radius 1 is 0.654 bits per heavy atom. The Kier molecular flexibility index (Phi) is 27.6. The molecule has 4 aromatic carbocycles. The number of methoxy groups -OCH3 is 1. The Balaban J connectivity index is 1.07. The van der Waals surface area contributed by atoms with Crippen molar-refractivity contribution in [3.8, 4) is 5.75 Å². The van der Waals surface area contributed by atoms with Crippen molar-refractivity contribution in [3.05, 3.63) is 137 Å².